The molecule has 1 unspecified atom stereocenters. The van der Waals surface area contributed by atoms with Crippen LogP contribution in [-0.2, 0) is 0 Å². The number of nitrogens with zero attached hydrogens (tertiary/aromatic N) is 1. The quantitative estimate of drug-likeness (QED) is 0.826. The average Bonchev–Trinajstić information content (AvgIpc) is 2.37. The maximum absolute atomic E-state index is 12.2. The van der Waals surface area contributed by atoms with Crippen molar-refractivity contribution in [3.05, 3.63) is 29.3 Å². The van der Waals surface area contributed by atoms with Crippen LogP contribution in [0.5, 0.6) is 0 Å². The lowest BCUT2D eigenvalue weighted by Gasteiger charge is -2.20. The van der Waals surface area contributed by atoms with Crippen LogP contribution in [0.3, 0.4) is 0 Å². The smallest absolute Gasteiger partial charge is 0.253 e. The molecule has 0 aliphatic carbocycles. The molecule has 2 N–H and O–H groups in total. The number of aryl methyl sites for hydroxylation is 1. The van der Waals surface area contributed by atoms with Gasteiger partial charge in [-0.05, 0) is 47.0 Å². The number of amides is 1. The van der Waals surface area contributed by atoms with Gasteiger partial charge in [0.05, 0.1) is 5.56 Å². The van der Waals surface area contributed by atoms with Crippen molar-refractivity contribution in [1.82, 2.24) is 10.2 Å². The fraction of sp³-hybridized carbons (Fsp3) is 0.533. The molecule has 4 heteroatoms. The van der Waals surface area contributed by atoms with Crippen molar-refractivity contribution in [1.29, 1.82) is 0 Å². The summed E-state index contributed by atoms with van der Waals surface area (Å²) in [5, 5.41) is 6.21. The van der Waals surface area contributed by atoms with E-state index < -0.39 is 0 Å². The molecule has 0 fully saturated rings. The highest BCUT2D eigenvalue weighted by Gasteiger charge is 2.13. The van der Waals surface area contributed by atoms with E-state index in [0.717, 1.165) is 17.8 Å². The number of carbonyl (C=O) groups is 1. The molecule has 1 aromatic carbocycles. The van der Waals surface area contributed by atoms with Crippen LogP contribution in [0.25, 0.3) is 0 Å². The third-order valence-corrected chi connectivity index (χ3v) is 3.23. The van der Waals surface area contributed by atoms with E-state index in [1.165, 1.54) is 0 Å². The highest BCUT2D eigenvalue weighted by Crippen LogP contribution is 2.17. The van der Waals surface area contributed by atoms with Crippen LogP contribution < -0.4 is 10.6 Å². The Morgan fingerprint density at radius 2 is 2.05 bits per heavy atom. The minimum Gasteiger partial charge on any atom is -0.385 e. The van der Waals surface area contributed by atoms with E-state index in [1.54, 1.807) is 0 Å². The standard InChI is InChI=1S/C15H25N3O/c1-6-16-14-8-7-11(2)9-13(14)15(19)17-10-12(3)18(4)5/h7-9,12,16H,6,10H2,1-5H3,(H,17,19). The Bertz CT molecular complexity index is 429. The van der Waals surface area contributed by atoms with Crippen molar-refractivity contribution in [3.63, 3.8) is 0 Å². The summed E-state index contributed by atoms with van der Waals surface area (Å²) in [5.41, 5.74) is 2.70. The lowest BCUT2D eigenvalue weighted by atomic mass is 10.1. The van der Waals surface area contributed by atoms with Crippen LogP contribution in [0, 0.1) is 6.92 Å². The van der Waals surface area contributed by atoms with Gasteiger partial charge in [0, 0.05) is 24.8 Å². The zero-order chi connectivity index (χ0) is 14.4. The van der Waals surface area contributed by atoms with Crippen molar-refractivity contribution in [2.24, 2.45) is 0 Å². The molecular weight excluding hydrogens is 238 g/mol. The number of carbonyl (C=O) groups excluding carboxylic acids is 1. The minimum atomic E-state index is -0.0200. The predicted octanol–water partition coefficient (Wildman–Crippen LogP) is 2.11. The third-order valence-electron chi connectivity index (χ3n) is 3.23. The van der Waals surface area contributed by atoms with E-state index in [9.17, 15) is 4.79 Å². The largest absolute Gasteiger partial charge is 0.385 e. The summed E-state index contributed by atoms with van der Waals surface area (Å²) in [6, 6.07) is 6.21. The molecular formula is C15H25N3O. The van der Waals surface area contributed by atoms with Crippen molar-refractivity contribution < 1.29 is 4.79 Å². The van der Waals surface area contributed by atoms with Crippen LogP contribution in [0.15, 0.2) is 18.2 Å². The molecule has 0 saturated heterocycles. The van der Waals surface area contributed by atoms with E-state index in [1.807, 2.05) is 46.1 Å². The van der Waals surface area contributed by atoms with Crippen LogP contribution in [0.1, 0.15) is 29.8 Å². The van der Waals surface area contributed by atoms with Crippen molar-refractivity contribution in [3.8, 4) is 0 Å². The molecule has 0 spiro atoms. The molecule has 0 saturated carbocycles. The molecule has 0 heterocycles. The van der Waals surface area contributed by atoms with Crippen LogP contribution in [0.2, 0.25) is 0 Å². The van der Waals surface area contributed by atoms with Gasteiger partial charge in [-0.3, -0.25) is 4.79 Å². The van der Waals surface area contributed by atoms with Gasteiger partial charge in [-0.1, -0.05) is 11.6 Å². The van der Waals surface area contributed by atoms with E-state index in [-0.39, 0.29) is 5.91 Å². The highest BCUT2D eigenvalue weighted by atomic mass is 16.1. The summed E-state index contributed by atoms with van der Waals surface area (Å²) < 4.78 is 0. The molecule has 106 valence electrons. The monoisotopic (exact) mass is 263 g/mol. The lowest BCUT2D eigenvalue weighted by molar-refractivity contribution is 0.0944. The molecule has 4 nitrogen and oxygen atoms in total. The van der Waals surface area contributed by atoms with Gasteiger partial charge >= 0.3 is 0 Å². The summed E-state index contributed by atoms with van der Waals surface area (Å²) in [7, 11) is 4.01. The van der Waals surface area contributed by atoms with Gasteiger partial charge in [-0.15, -0.1) is 0 Å². The number of hydrogen-bond donors (Lipinski definition) is 2. The predicted molar refractivity (Wildman–Crippen MR) is 80.8 cm³/mol. The van der Waals surface area contributed by atoms with Crippen molar-refractivity contribution in [2.75, 3.05) is 32.5 Å². The Balaban J connectivity index is 2.77. The summed E-state index contributed by atoms with van der Waals surface area (Å²) >= 11 is 0. The molecule has 0 aliphatic heterocycles. The number of hydrogen-bond acceptors (Lipinski definition) is 3. The van der Waals surface area contributed by atoms with E-state index in [2.05, 4.69) is 22.5 Å². The molecule has 0 radical (unpaired) electrons. The molecule has 0 aliphatic rings. The molecule has 1 rings (SSSR count). The van der Waals surface area contributed by atoms with Gasteiger partial charge in [0.15, 0.2) is 0 Å². The molecule has 19 heavy (non-hydrogen) atoms. The second kappa shape index (κ2) is 7.14. The van der Waals surface area contributed by atoms with Crippen molar-refractivity contribution >= 4 is 11.6 Å². The topological polar surface area (TPSA) is 44.4 Å². The van der Waals surface area contributed by atoms with Gasteiger partial charge in [-0.2, -0.15) is 0 Å². The number of nitrogens with one attached hydrogen (secondary N) is 2. The van der Waals surface area contributed by atoms with E-state index in [4.69, 9.17) is 0 Å². The van der Waals surface area contributed by atoms with E-state index >= 15 is 0 Å². The molecule has 1 amide bonds. The molecule has 0 bridgehead atoms. The van der Waals surface area contributed by atoms with Crippen molar-refractivity contribution in [2.45, 2.75) is 26.8 Å². The molecule has 0 aromatic heterocycles. The summed E-state index contributed by atoms with van der Waals surface area (Å²) in [4.78, 5) is 14.3. The number of benzene rings is 1. The Labute approximate surface area is 116 Å². The third kappa shape index (κ3) is 4.56. The second-order valence-electron chi connectivity index (χ2n) is 5.10. The zero-order valence-corrected chi connectivity index (χ0v) is 12.6. The number of likely N-dealkylation sites (N-methyl/N-ethyl adjacent to an activating group) is 1. The summed E-state index contributed by atoms with van der Waals surface area (Å²) in [6.07, 6.45) is 0. The maximum Gasteiger partial charge on any atom is 0.253 e. The molecule has 1 atom stereocenters. The van der Waals surface area contributed by atoms with Gasteiger partial charge < -0.3 is 15.5 Å². The minimum absolute atomic E-state index is 0.0200. The van der Waals surface area contributed by atoms with Gasteiger partial charge in [0.25, 0.3) is 5.91 Å². The Kier molecular flexibility index (Phi) is 5.83. The average molecular weight is 263 g/mol. The normalized spacial score (nSPS) is 12.3. The SMILES string of the molecule is CCNc1ccc(C)cc1C(=O)NCC(C)N(C)C. The summed E-state index contributed by atoms with van der Waals surface area (Å²) in [5.74, 6) is -0.0200. The fourth-order valence-electron chi connectivity index (χ4n) is 1.71. The van der Waals surface area contributed by atoms with Crippen LogP contribution in [-0.4, -0.2) is 44.0 Å². The maximum atomic E-state index is 12.2. The van der Waals surface area contributed by atoms with Crippen LogP contribution in [0.4, 0.5) is 5.69 Å². The van der Waals surface area contributed by atoms with Gasteiger partial charge in [0.2, 0.25) is 0 Å². The van der Waals surface area contributed by atoms with E-state index in [0.29, 0.717) is 18.2 Å². The molecule has 1 aromatic rings. The first-order valence-electron chi connectivity index (χ1n) is 6.74. The number of rotatable bonds is 6. The van der Waals surface area contributed by atoms with Gasteiger partial charge in [0.1, 0.15) is 0 Å². The lowest BCUT2D eigenvalue weighted by Crippen LogP contribution is -2.38. The van der Waals surface area contributed by atoms with Gasteiger partial charge in [-0.25, -0.2) is 0 Å². The Morgan fingerprint density at radius 1 is 1.37 bits per heavy atom. The number of anilines is 1. The highest BCUT2D eigenvalue weighted by molar-refractivity contribution is 5.99. The summed E-state index contributed by atoms with van der Waals surface area (Å²) in [6.45, 7) is 7.55. The zero-order valence-electron chi connectivity index (χ0n) is 12.6. The Morgan fingerprint density at radius 3 is 2.63 bits per heavy atom. The fourth-order valence-corrected chi connectivity index (χ4v) is 1.71. The first-order valence-corrected chi connectivity index (χ1v) is 6.74. The Hall–Kier alpha value is -1.55. The van der Waals surface area contributed by atoms with Crippen LogP contribution >= 0.6 is 0 Å². The first-order chi connectivity index (χ1) is 8.95. The first kappa shape index (κ1) is 15.5. The second-order valence-corrected chi connectivity index (χ2v) is 5.10.